The summed E-state index contributed by atoms with van der Waals surface area (Å²) >= 11 is 1.66. The van der Waals surface area contributed by atoms with Crippen molar-refractivity contribution in [1.29, 1.82) is 0 Å². The van der Waals surface area contributed by atoms with Crippen LogP contribution < -0.4 is 4.80 Å². The number of aryl methyl sites for hydroxylation is 1. The zero-order valence-electron chi connectivity index (χ0n) is 17.3. The van der Waals surface area contributed by atoms with Gasteiger partial charge in [0.1, 0.15) is 0 Å². The van der Waals surface area contributed by atoms with Gasteiger partial charge in [-0.05, 0) is 62.2 Å². The van der Waals surface area contributed by atoms with Crippen LogP contribution in [0.2, 0.25) is 0 Å². The summed E-state index contributed by atoms with van der Waals surface area (Å²) < 4.78 is 2.18. The van der Waals surface area contributed by atoms with Crippen LogP contribution in [0, 0.1) is 17.3 Å². The molecule has 5 heteroatoms. The van der Waals surface area contributed by atoms with E-state index in [0.29, 0.717) is 18.3 Å². The van der Waals surface area contributed by atoms with Crippen LogP contribution in [0.15, 0.2) is 11.2 Å². The maximum Gasteiger partial charge on any atom is 0.254 e. The van der Waals surface area contributed by atoms with E-state index in [2.05, 4.69) is 38.5 Å². The highest BCUT2D eigenvalue weighted by atomic mass is 32.1. The molecule has 1 aromatic rings. The molecule has 0 aliphatic heterocycles. The van der Waals surface area contributed by atoms with E-state index >= 15 is 0 Å². The zero-order valence-corrected chi connectivity index (χ0v) is 18.1. The first-order valence-electron chi connectivity index (χ1n) is 10.6. The van der Waals surface area contributed by atoms with E-state index in [1.54, 1.807) is 11.3 Å². The number of amides is 1. The van der Waals surface area contributed by atoms with Crippen molar-refractivity contribution in [3.05, 3.63) is 15.9 Å². The molecule has 4 bridgehead atoms. The second-order valence-corrected chi connectivity index (χ2v) is 11.6. The molecule has 0 saturated heterocycles. The largest absolute Gasteiger partial charge is 0.390 e. The van der Waals surface area contributed by atoms with Crippen molar-refractivity contribution in [3.63, 3.8) is 0 Å². The summed E-state index contributed by atoms with van der Waals surface area (Å²) in [7, 11) is 0. The van der Waals surface area contributed by atoms with Crippen molar-refractivity contribution >= 4 is 17.2 Å². The Morgan fingerprint density at radius 1 is 1.30 bits per heavy atom. The van der Waals surface area contributed by atoms with Gasteiger partial charge in [0.2, 0.25) is 0 Å². The lowest BCUT2D eigenvalue weighted by molar-refractivity contribution is -0.175. The lowest BCUT2D eigenvalue weighted by Gasteiger charge is -2.58. The SMILES string of the molecule is CCCCn1cc(C(C)(C)C)s/c1=N\C(=O)C12CC3CC(CC(O)(C3)C1)C2. The number of carbonyl (C=O) groups excluding carboxylic acids is 1. The maximum absolute atomic E-state index is 13.4. The molecule has 2 unspecified atom stereocenters. The molecule has 4 saturated carbocycles. The summed E-state index contributed by atoms with van der Waals surface area (Å²) in [6.07, 6.45) is 9.88. The topological polar surface area (TPSA) is 54.6 Å². The molecule has 1 heterocycles. The van der Waals surface area contributed by atoms with Crippen LogP contribution in [0.4, 0.5) is 0 Å². The van der Waals surface area contributed by atoms with E-state index in [1.807, 2.05) is 0 Å². The normalized spacial score (nSPS) is 35.8. The first-order chi connectivity index (χ1) is 12.6. The van der Waals surface area contributed by atoms with Gasteiger partial charge in [0, 0.05) is 17.6 Å². The highest BCUT2D eigenvalue weighted by Crippen LogP contribution is 2.61. The van der Waals surface area contributed by atoms with Crippen molar-refractivity contribution in [1.82, 2.24) is 4.57 Å². The van der Waals surface area contributed by atoms with Gasteiger partial charge < -0.3 is 9.67 Å². The van der Waals surface area contributed by atoms with E-state index in [9.17, 15) is 9.90 Å². The van der Waals surface area contributed by atoms with Gasteiger partial charge in [0.05, 0.1) is 11.0 Å². The smallest absolute Gasteiger partial charge is 0.254 e. The predicted molar refractivity (Wildman–Crippen MR) is 109 cm³/mol. The van der Waals surface area contributed by atoms with Gasteiger partial charge in [0.15, 0.2) is 4.80 Å². The Balaban J connectivity index is 1.69. The van der Waals surface area contributed by atoms with Crippen LogP contribution in [-0.2, 0) is 16.8 Å². The van der Waals surface area contributed by atoms with Crippen LogP contribution >= 0.6 is 11.3 Å². The van der Waals surface area contributed by atoms with Gasteiger partial charge in [-0.1, -0.05) is 34.1 Å². The molecule has 1 aromatic heterocycles. The number of nitrogens with zero attached hydrogens (tertiary/aromatic N) is 2. The number of aliphatic hydroxyl groups is 1. The first kappa shape index (κ1) is 19.4. The molecule has 2 atom stereocenters. The fourth-order valence-electron chi connectivity index (χ4n) is 5.97. The minimum absolute atomic E-state index is 0.0302. The Morgan fingerprint density at radius 3 is 2.52 bits per heavy atom. The third-order valence-electron chi connectivity index (χ3n) is 6.89. The molecule has 4 nitrogen and oxygen atoms in total. The lowest BCUT2D eigenvalue weighted by Crippen LogP contribution is -2.58. The fraction of sp³-hybridized carbons (Fsp3) is 0.818. The molecule has 1 N–H and O–H groups in total. The van der Waals surface area contributed by atoms with E-state index < -0.39 is 11.0 Å². The van der Waals surface area contributed by atoms with E-state index in [0.717, 1.165) is 49.9 Å². The molecule has 5 rings (SSSR count). The molecular formula is C22H34N2O2S. The lowest BCUT2D eigenvalue weighted by atomic mass is 9.47. The average molecular weight is 391 g/mol. The Labute approximate surface area is 166 Å². The van der Waals surface area contributed by atoms with Gasteiger partial charge >= 0.3 is 0 Å². The molecule has 0 spiro atoms. The summed E-state index contributed by atoms with van der Waals surface area (Å²) in [5.74, 6) is 1.05. The molecule has 27 heavy (non-hydrogen) atoms. The predicted octanol–water partition coefficient (Wildman–Crippen LogP) is 4.41. The molecule has 4 fully saturated rings. The van der Waals surface area contributed by atoms with Gasteiger partial charge in [-0.3, -0.25) is 4.79 Å². The number of hydrogen-bond acceptors (Lipinski definition) is 3. The second-order valence-electron chi connectivity index (χ2n) is 10.6. The number of aromatic nitrogens is 1. The summed E-state index contributed by atoms with van der Waals surface area (Å²) in [5.41, 5.74) is -0.960. The standard InChI is InChI=1S/C22H34N2O2S/c1-5-6-7-24-13-17(20(2,3)4)27-19(24)23-18(25)21-9-15-8-16(10-21)12-22(26,11-15)14-21/h13,15-16,26H,5-12,14H2,1-4H3/b23-19-. The highest BCUT2D eigenvalue weighted by Gasteiger charge is 2.60. The van der Waals surface area contributed by atoms with Crippen molar-refractivity contribution in [2.45, 2.75) is 96.6 Å². The summed E-state index contributed by atoms with van der Waals surface area (Å²) in [6, 6.07) is 0. The Hall–Kier alpha value is -0.940. The molecule has 4 aliphatic carbocycles. The molecular weight excluding hydrogens is 356 g/mol. The quantitative estimate of drug-likeness (QED) is 0.828. The van der Waals surface area contributed by atoms with Crippen LogP contribution in [0.5, 0.6) is 0 Å². The number of hydrogen-bond donors (Lipinski definition) is 1. The Morgan fingerprint density at radius 2 is 1.96 bits per heavy atom. The minimum atomic E-state index is -0.612. The number of unbranched alkanes of at least 4 members (excludes halogenated alkanes) is 1. The summed E-state index contributed by atoms with van der Waals surface area (Å²) in [6.45, 7) is 9.74. The fourth-order valence-corrected chi connectivity index (χ4v) is 7.05. The third-order valence-corrected chi connectivity index (χ3v) is 8.34. The van der Waals surface area contributed by atoms with Gasteiger partial charge in [-0.2, -0.15) is 4.99 Å². The van der Waals surface area contributed by atoms with Crippen LogP contribution in [0.25, 0.3) is 0 Å². The number of carbonyl (C=O) groups is 1. The first-order valence-corrected chi connectivity index (χ1v) is 11.5. The van der Waals surface area contributed by atoms with Crippen molar-refractivity contribution in [2.75, 3.05) is 0 Å². The maximum atomic E-state index is 13.4. The Kier molecular flexibility index (Phi) is 4.70. The van der Waals surface area contributed by atoms with E-state index in [1.165, 1.54) is 11.3 Å². The molecule has 0 aromatic carbocycles. The van der Waals surface area contributed by atoms with Crippen molar-refractivity contribution in [3.8, 4) is 0 Å². The third kappa shape index (κ3) is 3.57. The second kappa shape index (κ2) is 6.55. The van der Waals surface area contributed by atoms with E-state index in [4.69, 9.17) is 4.99 Å². The summed E-state index contributed by atoms with van der Waals surface area (Å²) in [4.78, 5) is 20.2. The van der Waals surface area contributed by atoms with Crippen LogP contribution in [0.1, 0.15) is 83.9 Å². The van der Waals surface area contributed by atoms with Crippen molar-refractivity contribution in [2.24, 2.45) is 22.2 Å². The molecule has 0 radical (unpaired) electrons. The zero-order chi connectivity index (χ0) is 19.4. The van der Waals surface area contributed by atoms with E-state index in [-0.39, 0.29) is 11.3 Å². The average Bonchev–Trinajstić information content (AvgIpc) is 2.93. The Bertz CT molecular complexity index is 784. The van der Waals surface area contributed by atoms with Gasteiger partial charge in [0.25, 0.3) is 5.91 Å². The number of rotatable bonds is 4. The minimum Gasteiger partial charge on any atom is -0.390 e. The molecule has 4 aliphatic rings. The molecule has 150 valence electrons. The van der Waals surface area contributed by atoms with Crippen LogP contribution in [-0.4, -0.2) is 21.2 Å². The number of thiazole rings is 1. The monoisotopic (exact) mass is 390 g/mol. The van der Waals surface area contributed by atoms with Gasteiger partial charge in [-0.25, -0.2) is 0 Å². The highest BCUT2D eigenvalue weighted by molar-refractivity contribution is 7.09. The molecule has 1 amide bonds. The van der Waals surface area contributed by atoms with Crippen molar-refractivity contribution < 1.29 is 9.90 Å². The summed E-state index contributed by atoms with van der Waals surface area (Å²) in [5, 5.41) is 11.0. The van der Waals surface area contributed by atoms with Crippen LogP contribution in [0.3, 0.4) is 0 Å². The van der Waals surface area contributed by atoms with Gasteiger partial charge in [-0.15, -0.1) is 11.3 Å².